The zero-order valence-corrected chi connectivity index (χ0v) is 7.51. The molecule has 2 atom stereocenters. The summed E-state index contributed by atoms with van der Waals surface area (Å²) >= 11 is 0. The second kappa shape index (κ2) is 27.6. The van der Waals surface area contributed by atoms with Crippen molar-refractivity contribution >= 4 is 17.4 Å². The van der Waals surface area contributed by atoms with Crippen molar-refractivity contribution in [1.82, 2.24) is 0 Å². The first kappa shape index (κ1) is 15.7. The van der Waals surface area contributed by atoms with E-state index in [-0.39, 0.29) is 21.1 Å². The van der Waals surface area contributed by atoms with Gasteiger partial charge >= 0.3 is 21.1 Å². The van der Waals surface area contributed by atoms with Gasteiger partial charge in [0.25, 0.3) is 0 Å². The van der Waals surface area contributed by atoms with E-state index in [2.05, 4.69) is 0 Å². The van der Waals surface area contributed by atoms with Crippen LogP contribution in [0.3, 0.4) is 0 Å². The van der Waals surface area contributed by atoms with Crippen molar-refractivity contribution in [3.05, 3.63) is 0 Å². The van der Waals surface area contributed by atoms with E-state index in [9.17, 15) is 0 Å². The number of hydrogen-bond acceptors (Lipinski definition) is 4. The number of rotatable bonds is 0. The van der Waals surface area contributed by atoms with Crippen molar-refractivity contribution in [2.24, 2.45) is 0 Å². The third kappa shape index (κ3) is 159. The van der Waals surface area contributed by atoms with Gasteiger partial charge in [-0.1, -0.05) is 0 Å². The van der Waals surface area contributed by atoms with E-state index in [1.807, 2.05) is 0 Å². The van der Waals surface area contributed by atoms with Crippen LogP contribution in [0.2, 0.25) is 0 Å². The van der Waals surface area contributed by atoms with Crippen molar-refractivity contribution in [2.45, 2.75) is 0 Å². The topological polar surface area (TPSA) is 80.3 Å². The Bertz CT molecular complexity index is 30.7. The fraction of sp³-hybridized carbons (Fsp3) is 0. The van der Waals surface area contributed by atoms with Crippen LogP contribution >= 0.6 is 17.4 Å². The molecular weight excluding hydrogens is 222 g/mol. The predicted octanol–water partition coefficient (Wildman–Crippen LogP) is -1.97. The average molecular weight is 226 g/mol. The first-order valence-corrected chi connectivity index (χ1v) is 2.83. The smallest absolute Gasteiger partial charge is 0.804 e. The average Bonchev–Trinajstić information content (AvgIpc) is 1.39. The molecule has 0 spiro atoms. The Labute approximate surface area is 57.8 Å². The van der Waals surface area contributed by atoms with E-state index in [0.29, 0.717) is 0 Å². The molecule has 0 aliphatic heterocycles. The van der Waals surface area contributed by atoms with Gasteiger partial charge in [0.2, 0.25) is 0 Å². The van der Waals surface area contributed by atoms with Crippen LogP contribution in [0.5, 0.6) is 0 Å². The molecule has 0 aliphatic carbocycles. The van der Waals surface area contributed by atoms with Gasteiger partial charge in [0.05, 0.1) is 0 Å². The molecule has 0 radical (unpaired) electrons. The normalized spacial score (nSPS) is 8.29. The fourth-order valence-corrected chi connectivity index (χ4v) is 0. The van der Waals surface area contributed by atoms with E-state index in [1.54, 1.807) is 0 Å². The second-order valence-corrected chi connectivity index (χ2v) is 0.577. The predicted molar refractivity (Wildman–Crippen MR) is 20.8 cm³/mol. The monoisotopic (exact) mass is 228 g/mol. The first-order valence-electron chi connectivity index (χ1n) is 0.943. The minimum Gasteiger partial charge on any atom is -0.804 e. The molecule has 4 nitrogen and oxygen atoms in total. The van der Waals surface area contributed by atoms with Gasteiger partial charge < -0.3 is 18.9 Å². The number of hydrogen-bond donors (Lipinski definition) is 0. The Kier molecular flexibility index (Phi) is 62.0. The Balaban J connectivity index is -0.0000000400. The van der Waals surface area contributed by atoms with Gasteiger partial charge in [-0.2, -0.15) is 0 Å². The van der Waals surface area contributed by atoms with Crippen LogP contribution in [0.25, 0.3) is 0 Å². The molecule has 0 fully saturated rings. The zero-order valence-electron chi connectivity index (χ0n) is 3.20. The van der Waals surface area contributed by atoms with Gasteiger partial charge in [0, 0.05) is 0 Å². The van der Waals surface area contributed by atoms with Crippen LogP contribution < -0.4 is 9.79 Å². The molecular formula is H4MoO4P2. The quantitative estimate of drug-likeness (QED) is 0.354. The van der Waals surface area contributed by atoms with Crippen molar-refractivity contribution < 1.29 is 40.0 Å². The third-order valence-corrected chi connectivity index (χ3v) is 0. The summed E-state index contributed by atoms with van der Waals surface area (Å²) in [5, 5.41) is 0. The Hall–Kier alpha value is 1.07. The van der Waals surface area contributed by atoms with Crippen LogP contribution in [0, 0.1) is 0 Å². The Morgan fingerprint density at radius 2 is 1.00 bits per heavy atom. The van der Waals surface area contributed by atoms with Gasteiger partial charge in [0.15, 0.2) is 0 Å². The van der Waals surface area contributed by atoms with Gasteiger partial charge in [-0.05, 0) is 17.4 Å². The standard InChI is InChI=1S/Mo.2H3O2P/c;2*1-3-2/h;2*3H2,(H,1,2)/q+2;;/p-2. The molecule has 7 heavy (non-hydrogen) atoms. The summed E-state index contributed by atoms with van der Waals surface area (Å²) in [6.07, 6.45) is 0. The Morgan fingerprint density at radius 3 is 1.00 bits per heavy atom. The minimum absolute atomic E-state index is 0. The third-order valence-electron chi connectivity index (χ3n) is 0. The molecule has 0 heterocycles. The van der Waals surface area contributed by atoms with E-state index >= 15 is 0 Å². The van der Waals surface area contributed by atoms with Gasteiger partial charge in [-0.3, -0.25) is 0 Å². The molecule has 2 unspecified atom stereocenters. The maximum atomic E-state index is 8.46. The summed E-state index contributed by atoms with van der Waals surface area (Å²) in [5.41, 5.74) is 0. The molecule has 0 saturated heterocycles. The second-order valence-electron chi connectivity index (χ2n) is 0.192. The maximum Gasteiger partial charge on any atom is 2.00 e. The molecule has 0 saturated carbocycles. The van der Waals surface area contributed by atoms with Crippen LogP contribution in [0.15, 0.2) is 0 Å². The molecule has 7 heteroatoms. The maximum absolute atomic E-state index is 8.46. The summed E-state index contributed by atoms with van der Waals surface area (Å²) in [5.74, 6) is 0. The largest absolute Gasteiger partial charge is 2.00 e. The van der Waals surface area contributed by atoms with E-state index in [0.717, 1.165) is 0 Å². The molecule has 0 aliphatic rings. The molecule has 0 rings (SSSR count). The van der Waals surface area contributed by atoms with Crippen molar-refractivity contribution in [1.29, 1.82) is 0 Å². The fourth-order valence-electron chi connectivity index (χ4n) is 0. The molecule has 0 bridgehead atoms. The van der Waals surface area contributed by atoms with Gasteiger partial charge in [-0.25, -0.2) is 0 Å². The van der Waals surface area contributed by atoms with E-state index in [1.165, 1.54) is 0 Å². The van der Waals surface area contributed by atoms with Crippen molar-refractivity contribution in [2.75, 3.05) is 0 Å². The summed E-state index contributed by atoms with van der Waals surface area (Å²) in [7, 11) is -3.50. The summed E-state index contributed by atoms with van der Waals surface area (Å²) < 4.78 is 16.9. The first-order chi connectivity index (χ1) is 2.83. The zero-order chi connectivity index (χ0) is 5.41. The summed E-state index contributed by atoms with van der Waals surface area (Å²) in [4.78, 5) is 16.9. The molecule has 0 aromatic rings. The van der Waals surface area contributed by atoms with Crippen LogP contribution in [0.4, 0.5) is 0 Å². The molecule has 44 valence electrons. The van der Waals surface area contributed by atoms with E-state index in [4.69, 9.17) is 18.9 Å². The molecule has 0 amide bonds. The van der Waals surface area contributed by atoms with Crippen molar-refractivity contribution in [3.8, 4) is 0 Å². The molecule has 0 aromatic carbocycles. The Morgan fingerprint density at radius 1 is 1.00 bits per heavy atom. The van der Waals surface area contributed by atoms with Crippen molar-refractivity contribution in [3.63, 3.8) is 0 Å². The minimum atomic E-state index is -1.75. The van der Waals surface area contributed by atoms with Gasteiger partial charge in [0.1, 0.15) is 0 Å². The summed E-state index contributed by atoms with van der Waals surface area (Å²) in [6.45, 7) is 0. The molecule has 0 aromatic heterocycles. The van der Waals surface area contributed by atoms with Crippen LogP contribution in [0.1, 0.15) is 0 Å². The van der Waals surface area contributed by atoms with Gasteiger partial charge in [-0.15, -0.1) is 0 Å². The summed E-state index contributed by atoms with van der Waals surface area (Å²) in [6, 6.07) is 0. The van der Waals surface area contributed by atoms with Crippen LogP contribution in [-0.4, -0.2) is 0 Å². The SMILES string of the molecule is O=[PH2][O-].O=[PH2][O-].[Mo+2]. The van der Waals surface area contributed by atoms with Crippen LogP contribution in [-0.2, 0) is 30.2 Å². The molecule has 0 N–H and O–H groups in total. The van der Waals surface area contributed by atoms with E-state index < -0.39 is 17.4 Å².